The Morgan fingerprint density at radius 1 is 1.14 bits per heavy atom. The molecule has 1 N–H and O–H groups in total. The molecule has 1 aliphatic rings. The third kappa shape index (κ3) is 4.42. The van der Waals surface area contributed by atoms with Gasteiger partial charge in [0.25, 0.3) is 5.82 Å². The Balaban J connectivity index is 1.35. The van der Waals surface area contributed by atoms with E-state index in [0.29, 0.717) is 5.75 Å². The zero-order chi connectivity index (χ0) is 20.2. The summed E-state index contributed by atoms with van der Waals surface area (Å²) in [4.78, 5) is 20.2. The number of pyridine rings is 1. The lowest BCUT2D eigenvalue weighted by atomic mass is 10.1. The number of aromatic nitrogens is 4. The van der Waals surface area contributed by atoms with Crippen LogP contribution < -0.4 is 9.88 Å². The maximum atomic E-state index is 12.7. The molecule has 4 rings (SSSR count). The van der Waals surface area contributed by atoms with E-state index >= 15 is 0 Å². The van der Waals surface area contributed by atoms with Gasteiger partial charge in [0.2, 0.25) is 5.91 Å². The zero-order valence-electron chi connectivity index (χ0n) is 16.7. The maximum absolute atomic E-state index is 12.7. The topological polar surface area (TPSA) is 68.4 Å². The Bertz CT molecular complexity index is 982. The van der Waals surface area contributed by atoms with E-state index in [1.165, 1.54) is 17.3 Å². The third-order valence-corrected chi connectivity index (χ3v) is 6.06. The molecule has 0 aliphatic carbocycles. The number of amides is 1. The van der Waals surface area contributed by atoms with Crippen LogP contribution in [-0.4, -0.2) is 57.5 Å². The quantitative estimate of drug-likeness (QED) is 0.604. The third-order valence-electron chi connectivity index (χ3n) is 5.13. The van der Waals surface area contributed by atoms with E-state index in [2.05, 4.69) is 58.2 Å². The number of nitrogens with zero attached hydrogens (tertiary/aromatic N) is 5. The van der Waals surface area contributed by atoms with Crippen LogP contribution in [0.1, 0.15) is 11.1 Å². The molecule has 1 aliphatic heterocycles. The summed E-state index contributed by atoms with van der Waals surface area (Å²) in [7, 11) is 0. The predicted octanol–water partition coefficient (Wildman–Crippen LogP) is 2.14. The maximum Gasteiger partial charge on any atom is 0.274 e. The molecule has 8 heteroatoms. The summed E-state index contributed by atoms with van der Waals surface area (Å²) < 4.78 is 1.96. The summed E-state index contributed by atoms with van der Waals surface area (Å²) in [6.45, 7) is 7.25. The number of rotatable bonds is 5. The Kier molecular flexibility index (Phi) is 5.80. The second-order valence-electron chi connectivity index (χ2n) is 7.18. The molecule has 1 aromatic carbocycles. The lowest BCUT2D eigenvalue weighted by Gasteiger charge is -2.30. The molecule has 29 heavy (non-hydrogen) atoms. The van der Waals surface area contributed by atoms with E-state index in [1.54, 1.807) is 6.33 Å². The van der Waals surface area contributed by atoms with Crippen LogP contribution in [0, 0.1) is 13.8 Å². The minimum absolute atomic E-state index is 0.141. The molecule has 0 spiro atoms. The number of thioether (sulfide) groups is 1. The number of carbonyl (C=O) groups is 1. The summed E-state index contributed by atoms with van der Waals surface area (Å²) in [5.41, 5.74) is 3.38. The van der Waals surface area contributed by atoms with E-state index in [4.69, 9.17) is 0 Å². The highest BCUT2D eigenvalue weighted by molar-refractivity contribution is 7.99. The molecule has 0 atom stereocenters. The molecule has 7 nitrogen and oxygen atoms in total. The smallest absolute Gasteiger partial charge is 0.274 e. The second kappa shape index (κ2) is 8.65. The zero-order valence-corrected chi connectivity index (χ0v) is 17.5. The fourth-order valence-corrected chi connectivity index (χ4v) is 4.29. The van der Waals surface area contributed by atoms with Gasteiger partial charge >= 0.3 is 0 Å². The molecule has 1 saturated heterocycles. The van der Waals surface area contributed by atoms with Gasteiger partial charge < -0.3 is 4.90 Å². The normalized spacial score (nSPS) is 14.3. The van der Waals surface area contributed by atoms with Crippen molar-refractivity contribution >= 4 is 23.5 Å². The lowest BCUT2D eigenvalue weighted by molar-refractivity contribution is -0.364. The number of nitrogens with one attached hydrogen (secondary N) is 1. The summed E-state index contributed by atoms with van der Waals surface area (Å²) >= 11 is 1.44. The van der Waals surface area contributed by atoms with Crippen LogP contribution in [0.3, 0.4) is 0 Å². The van der Waals surface area contributed by atoms with Crippen LogP contribution >= 0.6 is 11.8 Å². The van der Waals surface area contributed by atoms with Gasteiger partial charge in [-0.1, -0.05) is 30.0 Å². The van der Waals surface area contributed by atoms with Crippen LogP contribution in [0.5, 0.6) is 0 Å². The van der Waals surface area contributed by atoms with E-state index in [1.807, 2.05) is 27.8 Å². The van der Waals surface area contributed by atoms with Crippen molar-refractivity contribution in [1.29, 1.82) is 0 Å². The number of benzene rings is 1. The fraction of sp³-hybridized carbons (Fsp3) is 0.333. The number of piperazine rings is 1. The molecule has 3 heterocycles. The molecule has 1 fully saturated rings. The van der Waals surface area contributed by atoms with Crippen molar-refractivity contribution in [3.63, 3.8) is 0 Å². The molecule has 0 saturated carbocycles. The van der Waals surface area contributed by atoms with Gasteiger partial charge in [0.15, 0.2) is 5.16 Å². The highest BCUT2D eigenvalue weighted by atomic mass is 32.2. The molecule has 1 amide bonds. The SMILES string of the molecule is Cc1ccc(C)c(-n2cnnc2SCC(=O)N2CCN(c3cccc[nH+]3)CC2)c1. The van der Waals surface area contributed by atoms with Crippen molar-refractivity contribution in [1.82, 2.24) is 19.7 Å². The van der Waals surface area contributed by atoms with Crippen LogP contribution in [0.15, 0.2) is 54.1 Å². The molecule has 3 aromatic rings. The van der Waals surface area contributed by atoms with E-state index in [-0.39, 0.29) is 5.91 Å². The fourth-order valence-electron chi connectivity index (χ4n) is 3.46. The average Bonchev–Trinajstić information content (AvgIpc) is 3.23. The monoisotopic (exact) mass is 409 g/mol. The molecular weight excluding hydrogens is 384 g/mol. The minimum atomic E-state index is 0.141. The van der Waals surface area contributed by atoms with E-state index in [0.717, 1.165) is 48.4 Å². The first-order chi connectivity index (χ1) is 14.1. The van der Waals surface area contributed by atoms with Gasteiger partial charge in [-0.2, -0.15) is 0 Å². The van der Waals surface area contributed by atoms with Crippen LogP contribution in [0.25, 0.3) is 5.69 Å². The van der Waals surface area contributed by atoms with Crippen molar-refractivity contribution in [2.75, 3.05) is 36.8 Å². The molecule has 0 unspecified atom stereocenters. The van der Waals surface area contributed by atoms with Crippen molar-refractivity contribution < 1.29 is 9.78 Å². The predicted molar refractivity (Wildman–Crippen MR) is 113 cm³/mol. The van der Waals surface area contributed by atoms with Gasteiger partial charge in [0.1, 0.15) is 19.4 Å². The van der Waals surface area contributed by atoms with E-state index < -0.39 is 0 Å². The first-order valence-electron chi connectivity index (χ1n) is 9.72. The highest BCUT2D eigenvalue weighted by Gasteiger charge is 2.26. The lowest BCUT2D eigenvalue weighted by Crippen LogP contribution is -2.50. The standard InChI is InChI=1S/C21H24N6OS/c1-16-6-7-17(2)18(13-16)27-15-23-24-21(27)29-14-20(28)26-11-9-25(10-12-26)19-5-3-4-8-22-19/h3-8,13,15H,9-12,14H2,1-2H3/p+1. The van der Waals surface area contributed by atoms with Crippen molar-refractivity contribution in [3.8, 4) is 5.69 Å². The largest absolute Gasteiger partial charge is 0.334 e. The summed E-state index contributed by atoms with van der Waals surface area (Å²) in [6, 6.07) is 12.3. The van der Waals surface area contributed by atoms with Gasteiger partial charge in [-0.15, -0.1) is 10.2 Å². The highest BCUT2D eigenvalue weighted by Crippen LogP contribution is 2.23. The number of hydrogen-bond acceptors (Lipinski definition) is 5. The average molecular weight is 410 g/mol. The van der Waals surface area contributed by atoms with Crippen LogP contribution in [0.4, 0.5) is 5.82 Å². The number of hydrogen-bond donors (Lipinski definition) is 0. The minimum Gasteiger partial charge on any atom is -0.334 e. The van der Waals surface area contributed by atoms with Crippen LogP contribution in [-0.2, 0) is 4.79 Å². The number of aryl methyl sites for hydroxylation is 2. The molecule has 0 radical (unpaired) electrons. The number of aromatic amines is 1. The Hall–Kier alpha value is -2.87. The number of H-pyrrole nitrogens is 1. The Morgan fingerprint density at radius 2 is 1.97 bits per heavy atom. The van der Waals surface area contributed by atoms with E-state index in [9.17, 15) is 4.79 Å². The number of anilines is 1. The van der Waals surface area contributed by atoms with Crippen molar-refractivity contribution in [3.05, 3.63) is 60.0 Å². The first-order valence-corrected chi connectivity index (χ1v) is 10.7. The van der Waals surface area contributed by atoms with Crippen molar-refractivity contribution in [2.45, 2.75) is 19.0 Å². The van der Waals surface area contributed by atoms with Gasteiger partial charge in [0, 0.05) is 6.07 Å². The molecule has 0 bridgehead atoms. The molecular formula is C21H25N6OS+. The first kappa shape index (κ1) is 19.4. The van der Waals surface area contributed by atoms with Gasteiger partial charge in [0.05, 0.1) is 30.7 Å². The Morgan fingerprint density at radius 3 is 2.72 bits per heavy atom. The number of carbonyl (C=O) groups excluding carboxylic acids is 1. The van der Waals surface area contributed by atoms with Gasteiger partial charge in [-0.05, 0) is 37.1 Å². The van der Waals surface area contributed by atoms with Crippen LogP contribution in [0.2, 0.25) is 0 Å². The van der Waals surface area contributed by atoms with Gasteiger partial charge in [-0.3, -0.25) is 14.3 Å². The second-order valence-corrected chi connectivity index (χ2v) is 8.12. The summed E-state index contributed by atoms with van der Waals surface area (Å²) in [5.74, 6) is 1.60. The van der Waals surface area contributed by atoms with Crippen molar-refractivity contribution in [2.24, 2.45) is 0 Å². The summed E-state index contributed by atoms with van der Waals surface area (Å²) in [5, 5.41) is 9.03. The molecule has 150 valence electrons. The molecule has 2 aromatic heterocycles. The summed E-state index contributed by atoms with van der Waals surface area (Å²) in [6.07, 6.45) is 3.64. The Labute approximate surface area is 174 Å². The van der Waals surface area contributed by atoms with Gasteiger partial charge in [-0.25, -0.2) is 4.98 Å².